The molecule has 1 N–H and O–H groups in total. The molecule has 4 heteroatoms. The molecule has 0 aliphatic heterocycles. The molecule has 1 rings (SSSR count). The van der Waals surface area contributed by atoms with Crippen LogP contribution in [0.3, 0.4) is 0 Å². The third-order valence-electron chi connectivity index (χ3n) is 2.84. The maximum atomic E-state index is 13.8. The van der Waals surface area contributed by atoms with Crippen LogP contribution in [0.5, 0.6) is 0 Å². The molecule has 0 radical (unpaired) electrons. The Morgan fingerprint density at radius 1 is 1.12 bits per heavy atom. The van der Waals surface area contributed by atoms with E-state index in [1.54, 1.807) is 13.8 Å². The SMILES string of the molecule is CC(C)(F)c1cc(F)c(F)c(C(C)(C)CO)c1. The highest BCUT2D eigenvalue weighted by Gasteiger charge is 2.29. The van der Waals surface area contributed by atoms with Crippen molar-refractivity contribution in [2.45, 2.75) is 38.8 Å². The van der Waals surface area contributed by atoms with Gasteiger partial charge in [-0.25, -0.2) is 13.2 Å². The first kappa shape index (κ1) is 14.0. The zero-order chi connectivity index (χ0) is 13.4. The average molecular weight is 246 g/mol. The summed E-state index contributed by atoms with van der Waals surface area (Å²) in [7, 11) is 0. The number of hydrogen-bond acceptors (Lipinski definition) is 1. The van der Waals surface area contributed by atoms with Gasteiger partial charge in [0.15, 0.2) is 11.6 Å². The Bertz CT molecular complexity index is 419. The molecule has 96 valence electrons. The fraction of sp³-hybridized carbons (Fsp3) is 0.538. The number of benzene rings is 1. The molecule has 0 aromatic heterocycles. The zero-order valence-corrected chi connectivity index (χ0v) is 10.4. The zero-order valence-electron chi connectivity index (χ0n) is 10.4. The van der Waals surface area contributed by atoms with Crippen LogP contribution in [0.15, 0.2) is 12.1 Å². The van der Waals surface area contributed by atoms with Crippen LogP contribution < -0.4 is 0 Å². The maximum absolute atomic E-state index is 13.8. The fourth-order valence-corrected chi connectivity index (χ4v) is 1.51. The van der Waals surface area contributed by atoms with Crippen LogP contribution in [0, 0.1) is 11.6 Å². The van der Waals surface area contributed by atoms with Gasteiger partial charge in [-0.05, 0) is 37.1 Å². The van der Waals surface area contributed by atoms with Gasteiger partial charge in [0.25, 0.3) is 0 Å². The Kier molecular flexibility index (Phi) is 3.58. The van der Waals surface area contributed by atoms with Crippen molar-refractivity contribution in [3.8, 4) is 0 Å². The molecule has 0 saturated heterocycles. The summed E-state index contributed by atoms with van der Waals surface area (Å²) < 4.78 is 40.8. The fourth-order valence-electron chi connectivity index (χ4n) is 1.51. The Morgan fingerprint density at radius 2 is 1.65 bits per heavy atom. The molecule has 0 aliphatic carbocycles. The first-order chi connectivity index (χ1) is 7.59. The monoisotopic (exact) mass is 246 g/mol. The number of halogens is 3. The van der Waals surface area contributed by atoms with Crippen molar-refractivity contribution in [3.05, 3.63) is 34.9 Å². The Balaban J connectivity index is 3.46. The maximum Gasteiger partial charge on any atom is 0.162 e. The van der Waals surface area contributed by atoms with Gasteiger partial charge >= 0.3 is 0 Å². The summed E-state index contributed by atoms with van der Waals surface area (Å²) in [6.45, 7) is 5.34. The Labute approximate surface area is 99.3 Å². The van der Waals surface area contributed by atoms with E-state index >= 15 is 0 Å². The largest absolute Gasteiger partial charge is 0.395 e. The molecule has 17 heavy (non-hydrogen) atoms. The number of alkyl halides is 1. The molecule has 0 atom stereocenters. The van der Waals surface area contributed by atoms with E-state index < -0.39 is 22.7 Å². The summed E-state index contributed by atoms with van der Waals surface area (Å²) in [6.07, 6.45) is 0. The second-order valence-corrected chi connectivity index (χ2v) is 5.33. The third kappa shape index (κ3) is 2.80. The lowest BCUT2D eigenvalue weighted by molar-refractivity contribution is 0.208. The number of hydrogen-bond donors (Lipinski definition) is 1. The molecular formula is C13H17F3O. The molecule has 1 nitrogen and oxygen atoms in total. The van der Waals surface area contributed by atoms with Gasteiger partial charge in [-0.1, -0.05) is 13.8 Å². The van der Waals surface area contributed by atoms with Crippen molar-refractivity contribution < 1.29 is 18.3 Å². The van der Waals surface area contributed by atoms with E-state index in [4.69, 9.17) is 0 Å². The van der Waals surface area contributed by atoms with Crippen LogP contribution in [-0.4, -0.2) is 11.7 Å². The minimum Gasteiger partial charge on any atom is -0.395 e. The van der Waals surface area contributed by atoms with Gasteiger partial charge in [0, 0.05) is 5.41 Å². The predicted molar refractivity (Wildman–Crippen MR) is 60.6 cm³/mol. The Morgan fingerprint density at radius 3 is 2.06 bits per heavy atom. The van der Waals surface area contributed by atoms with Crippen molar-refractivity contribution in [1.82, 2.24) is 0 Å². The number of aliphatic hydroxyl groups is 1. The van der Waals surface area contributed by atoms with Gasteiger partial charge < -0.3 is 5.11 Å². The molecule has 0 spiro atoms. The van der Waals surface area contributed by atoms with Crippen LogP contribution in [0.25, 0.3) is 0 Å². The molecule has 0 saturated carbocycles. The Hall–Kier alpha value is -1.03. The summed E-state index contributed by atoms with van der Waals surface area (Å²) in [6, 6.07) is 2.13. The van der Waals surface area contributed by atoms with E-state index in [0.717, 1.165) is 6.07 Å². The van der Waals surface area contributed by atoms with Crippen molar-refractivity contribution >= 4 is 0 Å². The van der Waals surface area contributed by atoms with E-state index in [1.807, 2.05) is 0 Å². The van der Waals surface area contributed by atoms with Crippen molar-refractivity contribution in [2.24, 2.45) is 0 Å². The van der Waals surface area contributed by atoms with Crippen LogP contribution in [0.1, 0.15) is 38.8 Å². The minimum absolute atomic E-state index is 0.0132. The van der Waals surface area contributed by atoms with E-state index in [1.165, 1.54) is 19.9 Å². The normalized spacial score (nSPS) is 12.9. The summed E-state index contributed by atoms with van der Waals surface area (Å²) in [5.41, 5.74) is -2.66. The van der Waals surface area contributed by atoms with Gasteiger partial charge in [-0.15, -0.1) is 0 Å². The predicted octanol–water partition coefficient (Wildman–Crippen LogP) is 3.44. The summed E-state index contributed by atoms with van der Waals surface area (Å²) in [5, 5.41) is 9.17. The van der Waals surface area contributed by atoms with Crippen LogP contribution in [-0.2, 0) is 11.1 Å². The van der Waals surface area contributed by atoms with Crippen molar-refractivity contribution in [3.63, 3.8) is 0 Å². The molecule has 0 unspecified atom stereocenters. The van der Waals surface area contributed by atoms with Crippen LogP contribution >= 0.6 is 0 Å². The quantitative estimate of drug-likeness (QED) is 0.866. The molecule has 0 amide bonds. The van der Waals surface area contributed by atoms with Gasteiger partial charge in [0.1, 0.15) is 5.67 Å². The van der Waals surface area contributed by atoms with Gasteiger partial charge in [-0.3, -0.25) is 0 Å². The topological polar surface area (TPSA) is 20.2 Å². The second-order valence-electron chi connectivity index (χ2n) is 5.33. The smallest absolute Gasteiger partial charge is 0.162 e. The first-order valence-corrected chi connectivity index (χ1v) is 5.39. The van der Waals surface area contributed by atoms with Crippen LogP contribution in [0.2, 0.25) is 0 Å². The van der Waals surface area contributed by atoms with Gasteiger partial charge in [0.05, 0.1) is 6.61 Å². The summed E-state index contributed by atoms with van der Waals surface area (Å²) in [5.74, 6) is -2.12. The average Bonchev–Trinajstić information content (AvgIpc) is 2.20. The molecule has 0 bridgehead atoms. The van der Waals surface area contributed by atoms with E-state index in [0.29, 0.717) is 0 Å². The lowest BCUT2D eigenvalue weighted by atomic mass is 9.82. The molecule has 0 heterocycles. The van der Waals surface area contributed by atoms with Gasteiger partial charge in [-0.2, -0.15) is 0 Å². The third-order valence-corrected chi connectivity index (χ3v) is 2.84. The molecule has 1 aromatic rings. The van der Waals surface area contributed by atoms with Crippen LogP contribution in [0.4, 0.5) is 13.2 Å². The highest BCUT2D eigenvalue weighted by molar-refractivity contribution is 5.34. The number of aliphatic hydroxyl groups excluding tert-OH is 1. The van der Waals surface area contributed by atoms with Gasteiger partial charge in [0.2, 0.25) is 0 Å². The lowest BCUT2D eigenvalue weighted by Crippen LogP contribution is -2.25. The highest BCUT2D eigenvalue weighted by atomic mass is 19.2. The lowest BCUT2D eigenvalue weighted by Gasteiger charge is -2.25. The van der Waals surface area contributed by atoms with Crippen molar-refractivity contribution in [2.75, 3.05) is 6.61 Å². The second kappa shape index (κ2) is 4.33. The van der Waals surface area contributed by atoms with E-state index in [2.05, 4.69) is 0 Å². The molecule has 0 aliphatic rings. The number of rotatable bonds is 3. The minimum atomic E-state index is -1.76. The van der Waals surface area contributed by atoms with E-state index in [-0.39, 0.29) is 17.7 Å². The molecule has 1 aromatic carbocycles. The van der Waals surface area contributed by atoms with E-state index in [9.17, 15) is 18.3 Å². The highest BCUT2D eigenvalue weighted by Crippen LogP contribution is 2.33. The first-order valence-electron chi connectivity index (χ1n) is 5.39. The molecule has 0 fully saturated rings. The summed E-state index contributed by atoms with van der Waals surface area (Å²) >= 11 is 0. The van der Waals surface area contributed by atoms with Crippen molar-refractivity contribution in [1.29, 1.82) is 0 Å². The molecular weight excluding hydrogens is 229 g/mol. The standard InChI is InChI=1S/C13H17F3O/c1-12(2,7-17)9-5-8(13(3,4)16)6-10(14)11(9)15/h5-6,17H,7H2,1-4H3. The summed E-state index contributed by atoms with van der Waals surface area (Å²) in [4.78, 5) is 0.